The summed E-state index contributed by atoms with van der Waals surface area (Å²) < 4.78 is 0. The van der Waals surface area contributed by atoms with Crippen LogP contribution in [0.4, 0.5) is 0 Å². The van der Waals surface area contributed by atoms with Crippen LogP contribution in [0.15, 0.2) is 179 Å². The summed E-state index contributed by atoms with van der Waals surface area (Å²) in [6, 6.07) is 7.27. The Hall–Kier alpha value is -8.12. The lowest BCUT2D eigenvalue weighted by Crippen LogP contribution is -2.69. The number of Topliss-reactive ketones (excluding diaryl/α,β-unsaturated/α-hetero) is 8. The zero-order chi connectivity index (χ0) is 69.6. The normalized spacial score (nSPS) is 44.3. The molecule has 0 heterocycles. The van der Waals surface area contributed by atoms with E-state index in [-0.39, 0.29) is 104 Å². The van der Waals surface area contributed by atoms with E-state index < -0.39 is 0 Å². The van der Waals surface area contributed by atoms with E-state index in [9.17, 15) is 57.5 Å². The Kier molecular flexibility index (Phi) is 15.0. The molecule has 25 aliphatic carbocycles. The van der Waals surface area contributed by atoms with E-state index in [1.54, 1.807) is 12.1 Å². The molecule has 13 saturated carbocycles. The van der Waals surface area contributed by atoms with Gasteiger partial charge in [0.15, 0.2) is 46.3 Å². The van der Waals surface area contributed by atoms with Crippen molar-refractivity contribution in [2.45, 2.75) is 141 Å². The Bertz CT molecular complexity index is 4180. The van der Waals surface area contributed by atoms with Crippen LogP contribution in [0.25, 0.3) is 0 Å². The molecule has 25 aliphatic rings. The van der Waals surface area contributed by atoms with Crippen LogP contribution in [-0.4, -0.2) is 69.4 Å². The van der Waals surface area contributed by atoms with Crippen LogP contribution >= 0.6 is 0 Å². The standard InChI is InChI=1S/C15H16O2.C15H12O2.C15H16O2.C15H12O2.2C10H10O2.2C5H6/c2*16-12-8-6-5-7-9(8)13(17)15-4-2-1-3-14(12,15)10(6)11(7)15;2*16-14-10-3-1-2-4-11(10)15(17)13-9-6-5-8(7-9)12(13)14;2*11-9-5-6-10(12)8-4-2-1-3-7(8)9;2*1-2-4-5-3-1/h6-11H,1-5H2;1-4,6-11H,5H2;5-6,8-9,12-13H,1-4,7H2;1-6,8-9,12-13H,7H2;2*5-6H,1-4H2;2*1-4H,5H2. The number of hydrogen-bond donors (Lipinski definition) is 0. The van der Waals surface area contributed by atoms with Crippen molar-refractivity contribution in [3.05, 3.63) is 190 Å². The monoisotopic (exact) mass is 1360 g/mol. The van der Waals surface area contributed by atoms with Gasteiger partial charge in [0.2, 0.25) is 0 Å². The summed E-state index contributed by atoms with van der Waals surface area (Å²) in [6.07, 6.45) is 61.5. The summed E-state index contributed by atoms with van der Waals surface area (Å²) in [5, 5.41) is 0. The predicted octanol–water partition coefficient (Wildman–Crippen LogP) is 14.3. The molecule has 0 saturated heterocycles. The molecule has 12 nitrogen and oxygen atoms in total. The molecule has 1 aromatic carbocycles. The van der Waals surface area contributed by atoms with E-state index >= 15 is 0 Å². The summed E-state index contributed by atoms with van der Waals surface area (Å²) in [5.41, 5.74) is 5.21. The van der Waals surface area contributed by atoms with Gasteiger partial charge in [0.25, 0.3) is 0 Å². The average molecular weight is 1360 g/mol. The van der Waals surface area contributed by atoms with Crippen LogP contribution in [0.3, 0.4) is 0 Å². The van der Waals surface area contributed by atoms with Gasteiger partial charge < -0.3 is 0 Å². The quantitative estimate of drug-likeness (QED) is 0.176. The van der Waals surface area contributed by atoms with Gasteiger partial charge in [-0.2, -0.15) is 0 Å². The van der Waals surface area contributed by atoms with Crippen molar-refractivity contribution >= 4 is 69.4 Å². The minimum Gasteiger partial charge on any atom is -0.299 e. The van der Waals surface area contributed by atoms with E-state index in [4.69, 9.17) is 0 Å². The molecule has 0 aromatic heterocycles. The first-order valence-corrected chi connectivity index (χ1v) is 39.1. The molecule has 8 bridgehead atoms. The smallest absolute Gasteiger partial charge is 0.182 e. The van der Waals surface area contributed by atoms with Crippen LogP contribution in [0.1, 0.15) is 162 Å². The number of ketones is 12. The molecule has 0 aliphatic heterocycles. The molecule has 520 valence electrons. The van der Waals surface area contributed by atoms with Crippen LogP contribution in [0, 0.1) is 140 Å². The highest BCUT2D eigenvalue weighted by Gasteiger charge is 2.96. The molecule has 0 radical (unpaired) electrons. The highest BCUT2D eigenvalue weighted by atomic mass is 16.2. The third-order valence-electron chi connectivity index (χ3n) is 31.0. The summed E-state index contributed by atoms with van der Waals surface area (Å²) in [4.78, 5) is 146. The molecule has 13 fully saturated rings. The second kappa shape index (κ2) is 23.7. The zero-order valence-corrected chi connectivity index (χ0v) is 57.9. The summed E-state index contributed by atoms with van der Waals surface area (Å²) in [6.45, 7) is 0. The minimum absolute atomic E-state index is 0.00866. The second-order valence-electron chi connectivity index (χ2n) is 34.2. The number of carbonyl (C=O) groups excluding carboxylic acids is 12. The van der Waals surface area contributed by atoms with Gasteiger partial charge in [-0.05, 0) is 224 Å². The number of fused-ring (bicyclic) bond motifs is 13. The van der Waals surface area contributed by atoms with Crippen molar-refractivity contribution in [2.24, 2.45) is 140 Å². The van der Waals surface area contributed by atoms with Gasteiger partial charge in [0, 0.05) is 103 Å². The fourth-order valence-corrected chi connectivity index (χ4v) is 27.9. The Morgan fingerprint density at radius 3 is 0.922 bits per heavy atom. The number of carbonyl (C=O) groups is 12. The molecule has 12 heteroatoms. The van der Waals surface area contributed by atoms with E-state index in [1.165, 1.54) is 43.6 Å². The minimum atomic E-state index is -0.374. The summed E-state index contributed by atoms with van der Waals surface area (Å²) in [5.74, 6) is 9.71. The van der Waals surface area contributed by atoms with Crippen molar-refractivity contribution in [3.8, 4) is 0 Å². The van der Waals surface area contributed by atoms with E-state index in [0.717, 1.165) is 155 Å². The molecule has 0 amide bonds. The first kappa shape index (κ1) is 64.7. The molecular weight excluding hydrogens is 1270 g/mol. The first-order valence-electron chi connectivity index (χ1n) is 39.1. The van der Waals surface area contributed by atoms with Gasteiger partial charge in [-0.15, -0.1) is 0 Å². The highest BCUT2D eigenvalue weighted by Crippen LogP contribution is 2.93. The third kappa shape index (κ3) is 8.33. The molecule has 24 atom stereocenters. The van der Waals surface area contributed by atoms with Gasteiger partial charge >= 0.3 is 0 Å². The van der Waals surface area contributed by atoms with Crippen molar-refractivity contribution in [2.75, 3.05) is 0 Å². The SMILES string of the molecule is C1=CCC=C1.C1=CCC=C1.O=C1C2=C(CCCC2)C(=O)C2C3C=CC(C3)C12.O=C1C2C3CC4C2C(=O)C25C=CC=CC12C3C45.O=C1C2C3CC4C2C(=O)C25CCCCC12C3C45.O=C1C=CC(=O)C2=C1CCCC2.O=C1C=CC(=O)C2=C1CCCC2.O=C1c2ccccc2C(=O)C2C3C=CC(C3)C12. The van der Waals surface area contributed by atoms with Gasteiger partial charge in [-0.25, -0.2) is 0 Å². The van der Waals surface area contributed by atoms with Gasteiger partial charge in [0.05, 0.1) is 10.8 Å². The molecule has 1 aromatic rings. The van der Waals surface area contributed by atoms with Gasteiger partial charge in [-0.3, -0.25) is 57.5 Å². The van der Waals surface area contributed by atoms with Crippen LogP contribution in [0.2, 0.25) is 0 Å². The fourth-order valence-electron chi connectivity index (χ4n) is 27.9. The van der Waals surface area contributed by atoms with Crippen molar-refractivity contribution < 1.29 is 57.5 Å². The van der Waals surface area contributed by atoms with Crippen LogP contribution < -0.4 is 0 Å². The van der Waals surface area contributed by atoms with Crippen molar-refractivity contribution in [3.63, 3.8) is 0 Å². The van der Waals surface area contributed by atoms with Crippen LogP contribution in [0.5, 0.6) is 0 Å². The molecule has 4 spiro atoms. The summed E-state index contributed by atoms with van der Waals surface area (Å²) >= 11 is 0. The van der Waals surface area contributed by atoms with Gasteiger partial charge in [0.1, 0.15) is 23.1 Å². The van der Waals surface area contributed by atoms with Crippen LogP contribution in [-0.2, 0) is 47.9 Å². The topological polar surface area (TPSA) is 205 Å². The third-order valence-corrected chi connectivity index (χ3v) is 31.0. The Morgan fingerprint density at radius 2 is 0.598 bits per heavy atom. The molecule has 24 unspecified atom stereocenters. The fraction of sp³-hybridized carbons (Fsp3) is 0.511. The number of hydrogen-bond acceptors (Lipinski definition) is 12. The molecule has 0 N–H and O–H groups in total. The number of allylic oxidation sites excluding steroid dienone is 26. The number of rotatable bonds is 0. The lowest BCUT2D eigenvalue weighted by atomic mass is 9.35. The molecule has 102 heavy (non-hydrogen) atoms. The zero-order valence-electron chi connectivity index (χ0n) is 57.9. The highest BCUT2D eigenvalue weighted by molar-refractivity contribution is 6.22. The maximum absolute atomic E-state index is 12.8. The Balaban J connectivity index is 0.0000000828. The predicted molar refractivity (Wildman–Crippen MR) is 379 cm³/mol. The first-order chi connectivity index (χ1) is 49.6. The van der Waals surface area contributed by atoms with E-state index in [2.05, 4.69) is 85.1 Å². The number of benzene rings is 1. The average Bonchev–Trinajstić information content (AvgIpc) is 1.43. The second-order valence-corrected chi connectivity index (χ2v) is 34.2. The van der Waals surface area contributed by atoms with E-state index in [0.29, 0.717) is 117 Å². The Labute approximate surface area is 595 Å². The summed E-state index contributed by atoms with van der Waals surface area (Å²) in [7, 11) is 0. The molecular formula is C90H88O12. The largest absolute Gasteiger partial charge is 0.299 e. The van der Waals surface area contributed by atoms with Crippen molar-refractivity contribution in [1.82, 2.24) is 0 Å². The Morgan fingerprint density at radius 1 is 0.294 bits per heavy atom. The lowest BCUT2D eigenvalue weighted by molar-refractivity contribution is -0.202. The van der Waals surface area contributed by atoms with Crippen molar-refractivity contribution in [1.29, 1.82) is 0 Å². The maximum atomic E-state index is 12.8. The van der Waals surface area contributed by atoms with Gasteiger partial charge in [-0.1, -0.05) is 134 Å². The maximum Gasteiger partial charge on any atom is 0.182 e. The van der Waals surface area contributed by atoms with E-state index in [1.807, 2.05) is 24.3 Å². The molecule has 26 rings (SSSR count). The lowest BCUT2D eigenvalue weighted by Gasteiger charge is -2.65.